The Labute approximate surface area is 168 Å². The Hall–Kier alpha value is -2.33. The van der Waals surface area contributed by atoms with Crippen LogP contribution < -0.4 is 10.7 Å². The van der Waals surface area contributed by atoms with Gasteiger partial charge in [-0.25, -0.2) is 13.4 Å². The van der Waals surface area contributed by atoms with Crippen LogP contribution in [0.3, 0.4) is 0 Å². The second-order valence-electron chi connectivity index (χ2n) is 6.59. The zero-order chi connectivity index (χ0) is 19.6. The molecule has 3 aromatic rings. The Morgan fingerprint density at radius 2 is 1.86 bits per heavy atom. The summed E-state index contributed by atoms with van der Waals surface area (Å²) in [5, 5.41) is 7.25. The van der Waals surface area contributed by atoms with Gasteiger partial charge in [0, 0.05) is 0 Å². The van der Waals surface area contributed by atoms with Gasteiger partial charge >= 0.3 is 0 Å². The first-order chi connectivity index (χ1) is 13.5. The molecule has 2 heterocycles. The largest absolute Gasteiger partial charge is 0.344 e. The van der Waals surface area contributed by atoms with Gasteiger partial charge in [0.05, 0.1) is 47.0 Å². The van der Waals surface area contributed by atoms with Crippen LogP contribution in [0.1, 0.15) is 12.5 Å². The Bertz CT molecular complexity index is 1070. The predicted molar refractivity (Wildman–Crippen MR) is 112 cm³/mol. The highest BCUT2D eigenvalue weighted by atomic mass is 32.2. The number of benzene rings is 2. The lowest BCUT2D eigenvalue weighted by atomic mass is 10.1. The highest BCUT2D eigenvalue weighted by Gasteiger charge is 2.27. The molecule has 0 bridgehead atoms. The molecule has 146 valence electrons. The number of hydrogen-bond donors (Lipinski definition) is 2. The van der Waals surface area contributed by atoms with Gasteiger partial charge in [0.2, 0.25) is 15.2 Å². The van der Waals surface area contributed by atoms with E-state index in [0.29, 0.717) is 18.0 Å². The number of aromatic nitrogens is 1. The van der Waals surface area contributed by atoms with Crippen LogP contribution in [0.2, 0.25) is 0 Å². The van der Waals surface area contributed by atoms with Crippen LogP contribution in [0.15, 0.2) is 58.5 Å². The first-order valence-electron chi connectivity index (χ1n) is 9.12. The van der Waals surface area contributed by atoms with Crippen molar-refractivity contribution in [3.8, 4) is 0 Å². The van der Waals surface area contributed by atoms with E-state index in [9.17, 15) is 8.42 Å². The summed E-state index contributed by atoms with van der Waals surface area (Å²) < 4.78 is 28.1. The van der Waals surface area contributed by atoms with Crippen LogP contribution in [0.5, 0.6) is 0 Å². The number of nitrogens with two attached hydrogens (primary N) is 1. The topological polar surface area (TPSA) is 91.3 Å². The quantitative estimate of drug-likeness (QED) is 0.489. The second kappa shape index (κ2) is 7.96. The summed E-state index contributed by atoms with van der Waals surface area (Å²) in [5.41, 5.74) is 5.55. The number of hydrazone groups is 1. The average Bonchev–Trinajstić information content (AvgIpc) is 3.16. The molecule has 0 atom stereocenters. The number of piperazine rings is 1. The minimum absolute atomic E-state index is 0.324. The Balaban J connectivity index is 1.48. The third-order valence-electron chi connectivity index (χ3n) is 4.69. The fraction of sp³-hybridized carbons (Fsp3) is 0.263. The fourth-order valence-corrected chi connectivity index (χ4v) is 5.38. The summed E-state index contributed by atoms with van der Waals surface area (Å²) in [6.07, 6.45) is 0. The van der Waals surface area contributed by atoms with Gasteiger partial charge in [-0.2, -0.15) is 9.41 Å². The smallest absolute Gasteiger partial charge is 0.243 e. The van der Waals surface area contributed by atoms with E-state index in [1.807, 2.05) is 31.2 Å². The molecule has 0 amide bonds. The maximum absolute atomic E-state index is 12.7. The van der Waals surface area contributed by atoms with E-state index in [2.05, 4.69) is 20.8 Å². The molecule has 7 nitrogen and oxygen atoms in total. The molecule has 0 spiro atoms. The molecule has 0 saturated carbocycles. The molecule has 0 unspecified atom stereocenters. The van der Waals surface area contributed by atoms with Crippen molar-refractivity contribution >= 4 is 42.4 Å². The molecule has 9 heteroatoms. The Morgan fingerprint density at radius 3 is 2.57 bits per heavy atom. The number of nitrogens with one attached hydrogen (secondary N) is 1. The van der Waals surface area contributed by atoms with Crippen molar-refractivity contribution in [1.29, 1.82) is 0 Å². The maximum atomic E-state index is 12.7. The molecule has 1 saturated heterocycles. The number of fused-ring (bicyclic) bond motifs is 1. The zero-order valence-corrected chi connectivity index (χ0v) is 17.1. The maximum Gasteiger partial charge on any atom is 0.243 e. The standard InChI is InChI=1S/C19H21N5O2S2/c1-14(22-23-19-21-17-4-2-3-5-18(17)27-19)15-6-8-16(9-7-15)28(25,26)24-12-10-20-11-13-24/h2-9,20H,10-13H2,1H3,(H,21,23)/p+1/b22-14-. The summed E-state index contributed by atoms with van der Waals surface area (Å²) >= 11 is 1.54. The van der Waals surface area contributed by atoms with Gasteiger partial charge in [0.15, 0.2) is 0 Å². The third-order valence-corrected chi connectivity index (χ3v) is 7.54. The van der Waals surface area contributed by atoms with Gasteiger partial charge in [0.1, 0.15) is 0 Å². The number of hydrogen-bond acceptors (Lipinski definition) is 6. The van der Waals surface area contributed by atoms with Gasteiger partial charge in [0.25, 0.3) is 0 Å². The summed E-state index contributed by atoms with van der Waals surface area (Å²) in [4.78, 5) is 4.81. The minimum atomic E-state index is -3.43. The monoisotopic (exact) mass is 416 g/mol. The lowest BCUT2D eigenvalue weighted by molar-refractivity contribution is -0.661. The first kappa shape index (κ1) is 19.0. The minimum Gasteiger partial charge on any atom is -0.344 e. The number of anilines is 1. The molecule has 3 N–H and O–H groups in total. The molecule has 28 heavy (non-hydrogen) atoms. The van der Waals surface area contributed by atoms with E-state index in [-0.39, 0.29) is 0 Å². The number of rotatable bonds is 5. The molecule has 0 aliphatic carbocycles. The van der Waals surface area contributed by atoms with E-state index in [0.717, 1.165) is 39.7 Å². The molecular weight excluding hydrogens is 394 g/mol. The van der Waals surface area contributed by atoms with Crippen LogP contribution in [0.4, 0.5) is 5.13 Å². The van der Waals surface area contributed by atoms with Crippen molar-refractivity contribution in [3.63, 3.8) is 0 Å². The Morgan fingerprint density at radius 1 is 1.14 bits per heavy atom. The van der Waals surface area contributed by atoms with E-state index in [1.165, 1.54) is 11.3 Å². The summed E-state index contributed by atoms with van der Waals surface area (Å²) in [7, 11) is -3.43. The Kier molecular flexibility index (Phi) is 5.40. The SMILES string of the molecule is C/C(=N/Nc1nc2ccccc2s1)c1ccc(S(=O)(=O)N2CC[NH2+]CC2)cc1. The molecule has 2 aromatic carbocycles. The highest BCUT2D eigenvalue weighted by molar-refractivity contribution is 7.89. The average molecular weight is 417 g/mol. The van der Waals surface area contributed by atoms with Crippen molar-refractivity contribution in [3.05, 3.63) is 54.1 Å². The molecule has 4 rings (SSSR count). The van der Waals surface area contributed by atoms with E-state index < -0.39 is 10.0 Å². The molecule has 0 radical (unpaired) electrons. The second-order valence-corrected chi connectivity index (χ2v) is 9.56. The third kappa shape index (κ3) is 3.93. The van der Waals surface area contributed by atoms with E-state index >= 15 is 0 Å². The van der Waals surface area contributed by atoms with Crippen LogP contribution in [0, 0.1) is 0 Å². The van der Waals surface area contributed by atoms with Gasteiger partial charge < -0.3 is 5.32 Å². The van der Waals surface area contributed by atoms with Crippen LogP contribution in [-0.2, 0) is 10.0 Å². The molecule has 1 aromatic heterocycles. The van der Waals surface area contributed by atoms with Crippen LogP contribution in [0.25, 0.3) is 10.2 Å². The number of para-hydroxylation sites is 1. The molecule has 1 aliphatic rings. The van der Waals surface area contributed by atoms with Crippen molar-refractivity contribution in [2.75, 3.05) is 31.6 Å². The summed E-state index contributed by atoms with van der Waals surface area (Å²) in [5.74, 6) is 0. The molecular formula is C19H22N5O2S2+. The number of sulfonamides is 1. The zero-order valence-electron chi connectivity index (χ0n) is 15.5. The van der Waals surface area contributed by atoms with Gasteiger partial charge in [-0.05, 0) is 36.8 Å². The van der Waals surface area contributed by atoms with Crippen molar-refractivity contribution in [2.45, 2.75) is 11.8 Å². The van der Waals surface area contributed by atoms with Crippen molar-refractivity contribution in [2.24, 2.45) is 5.10 Å². The fourth-order valence-electron chi connectivity index (χ4n) is 3.10. The number of quaternary nitrogens is 1. The van der Waals surface area contributed by atoms with E-state index in [4.69, 9.17) is 0 Å². The predicted octanol–water partition coefficient (Wildman–Crippen LogP) is 1.70. The van der Waals surface area contributed by atoms with Crippen molar-refractivity contribution < 1.29 is 13.7 Å². The summed E-state index contributed by atoms with van der Waals surface area (Å²) in [6, 6.07) is 14.8. The van der Waals surface area contributed by atoms with Crippen LogP contribution in [-0.4, -0.2) is 49.6 Å². The normalized spacial score (nSPS) is 16.4. The molecule has 1 fully saturated rings. The van der Waals surface area contributed by atoms with E-state index in [1.54, 1.807) is 28.6 Å². The highest BCUT2D eigenvalue weighted by Crippen LogP contribution is 2.25. The van der Waals surface area contributed by atoms with Gasteiger partial charge in [-0.15, -0.1) is 0 Å². The van der Waals surface area contributed by atoms with Gasteiger partial charge in [-0.1, -0.05) is 35.6 Å². The van der Waals surface area contributed by atoms with Crippen LogP contribution >= 0.6 is 11.3 Å². The first-order valence-corrected chi connectivity index (χ1v) is 11.4. The van der Waals surface area contributed by atoms with Crippen molar-refractivity contribution in [1.82, 2.24) is 9.29 Å². The lowest BCUT2D eigenvalue weighted by Crippen LogP contribution is -2.89. The number of thiazole rings is 1. The summed E-state index contributed by atoms with van der Waals surface area (Å²) in [6.45, 7) is 4.60. The molecule has 1 aliphatic heterocycles. The lowest BCUT2D eigenvalue weighted by Gasteiger charge is -2.24. The van der Waals surface area contributed by atoms with Gasteiger partial charge in [-0.3, -0.25) is 5.43 Å². The number of nitrogens with zero attached hydrogens (tertiary/aromatic N) is 3.